The van der Waals surface area contributed by atoms with E-state index in [1.807, 2.05) is 18.2 Å². The molecule has 1 N–H and O–H groups in total. The fraction of sp³-hybridized carbons (Fsp3) is 0.579. The number of carbonyl (C=O) groups excluding carboxylic acids is 2. The third kappa shape index (κ3) is 7.45. The Kier molecular flexibility index (Phi) is 8.81. The summed E-state index contributed by atoms with van der Waals surface area (Å²) in [6, 6.07) is 5.64. The maximum absolute atomic E-state index is 12.0. The Morgan fingerprint density at radius 3 is 2.40 bits per heavy atom. The van der Waals surface area contributed by atoms with Crippen LogP contribution in [0.2, 0.25) is 0 Å². The van der Waals surface area contributed by atoms with E-state index < -0.39 is 0 Å². The van der Waals surface area contributed by atoms with Gasteiger partial charge in [-0.05, 0) is 30.0 Å². The minimum atomic E-state index is -0.0252. The second-order valence-corrected chi connectivity index (χ2v) is 6.40. The molecule has 0 aromatic heterocycles. The molecule has 0 unspecified atom stereocenters. The maximum Gasteiger partial charge on any atom is 0.220 e. The van der Waals surface area contributed by atoms with Gasteiger partial charge >= 0.3 is 0 Å². The minimum absolute atomic E-state index is 0.0252. The quantitative estimate of drug-likeness (QED) is 0.703. The van der Waals surface area contributed by atoms with Crippen LogP contribution < -0.4 is 14.8 Å². The first-order chi connectivity index (χ1) is 11.9. The number of carbonyl (C=O) groups is 2. The van der Waals surface area contributed by atoms with Crippen molar-refractivity contribution in [2.75, 3.05) is 33.9 Å². The van der Waals surface area contributed by atoms with Crippen molar-refractivity contribution in [1.82, 2.24) is 10.2 Å². The number of hydrogen-bond acceptors (Lipinski definition) is 4. The largest absolute Gasteiger partial charge is 0.493 e. The number of benzene rings is 1. The Morgan fingerprint density at radius 1 is 1.16 bits per heavy atom. The SMILES string of the molecule is COc1ccc(CCC(=O)NCCN(CC(C)C)C(C)=O)cc1OC. The van der Waals surface area contributed by atoms with Crippen LogP contribution in [0.25, 0.3) is 0 Å². The van der Waals surface area contributed by atoms with E-state index in [4.69, 9.17) is 9.47 Å². The number of methoxy groups -OCH3 is 2. The van der Waals surface area contributed by atoms with Gasteiger partial charge in [-0.2, -0.15) is 0 Å². The van der Waals surface area contributed by atoms with Crippen LogP contribution in [0.3, 0.4) is 0 Å². The highest BCUT2D eigenvalue weighted by Crippen LogP contribution is 2.27. The van der Waals surface area contributed by atoms with Crippen molar-refractivity contribution in [3.8, 4) is 11.5 Å². The Morgan fingerprint density at radius 2 is 1.84 bits per heavy atom. The van der Waals surface area contributed by atoms with Crippen LogP contribution >= 0.6 is 0 Å². The molecule has 0 radical (unpaired) electrons. The number of nitrogens with one attached hydrogen (secondary N) is 1. The number of rotatable bonds is 10. The summed E-state index contributed by atoms with van der Waals surface area (Å²) in [5.41, 5.74) is 1.01. The average molecular weight is 350 g/mol. The first kappa shape index (κ1) is 20.8. The number of aryl methyl sites for hydroxylation is 1. The predicted molar refractivity (Wildman–Crippen MR) is 98.0 cm³/mol. The van der Waals surface area contributed by atoms with Gasteiger partial charge < -0.3 is 19.7 Å². The van der Waals surface area contributed by atoms with Gasteiger partial charge in [-0.25, -0.2) is 0 Å². The van der Waals surface area contributed by atoms with Crippen molar-refractivity contribution < 1.29 is 19.1 Å². The third-order valence-corrected chi connectivity index (χ3v) is 3.82. The summed E-state index contributed by atoms with van der Waals surface area (Å²) in [7, 11) is 3.18. The highest BCUT2D eigenvalue weighted by Gasteiger charge is 2.11. The molecule has 140 valence electrons. The third-order valence-electron chi connectivity index (χ3n) is 3.82. The summed E-state index contributed by atoms with van der Waals surface area (Å²) in [5, 5.41) is 2.87. The van der Waals surface area contributed by atoms with Crippen LogP contribution in [0.15, 0.2) is 18.2 Å². The molecule has 0 atom stereocenters. The minimum Gasteiger partial charge on any atom is -0.493 e. The standard InChI is InChI=1S/C19H30N2O4/c1-14(2)13-21(15(3)22)11-10-20-19(23)9-7-16-6-8-17(24-4)18(12-16)25-5/h6,8,12,14H,7,9-11,13H2,1-5H3,(H,20,23). The molecule has 0 aliphatic carbocycles. The molecule has 1 rings (SSSR count). The Bertz CT molecular complexity index is 573. The van der Waals surface area contributed by atoms with Crippen molar-refractivity contribution >= 4 is 11.8 Å². The molecule has 6 heteroatoms. The molecule has 6 nitrogen and oxygen atoms in total. The highest BCUT2D eigenvalue weighted by molar-refractivity contribution is 5.76. The van der Waals surface area contributed by atoms with Gasteiger partial charge in [0.1, 0.15) is 0 Å². The molecule has 0 saturated carbocycles. The second-order valence-electron chi connectivity index (χ2n) is 6.40. The van der Waals surface area contributed by atoms with E-state index in [1.54, 1.807) is 26.0 Å². The van der Waals surface area contributed by atoms with Crippen LogP contribution in [0, 0.1) is 5.92 Å². The number of nitrogens with zero attached hydrogens (tertiary/aromatic N) is 1. The monoisotopic (exact) mass is 350 g/mol. The summed E-state index contributed by atoms with van der Waals surface area (Å²) in [4.78, 5) is 25.3. The molecule has 0 spiro atoms. The van der Waals surface area contributed by atoms with E-state index in [2.05, 4.69) is 19.2 Å². The lowest BCUT2D eigenvalue weighted by molar-refractivity contribution is -0.130. The fourth-order valence-corrected chi connectivity index (χ4v) is 2.53. The molecule has 0 bridgehead atoms. The van der Waals surface area contributed by atoms with E-state index in [0.717, 1.165) is 5.56 Å². The first-order valence-electron chi connectivity index (χ1n) is 8.60. The van der Waals surface area contributed by atoms with E-state index in [0.29, 0.717) is 49.9 Å². The van der Waals surface area contributed by atoms with Gasteiger partial charge in [-0.15, -0.1) is 0 Å². The summed E-state index contributed by atoms with van der Waals surface area (Å²) in [6.07, 6.45) is 1.01. The topological polar surface area (TPSA) is 67.9 Å². The molecule has 0 saturated heterocycles. The molecule has 1 aromatic carbocycles. The van der Waals surface area contributed by atoms with E-state index >= 15 is 0 Å². The van der Waals surface area contributed by atoms with Crippen LogP contribution in [-0.2, 0) is 16.0 Å². The first-order valence-corrected chi connectivity index (χ1v) is 8.60. The molecule has 1 aromatic rings. The van der Waals surface area contributed by atoms with E-state index in [-0.39, 0.29) is 11.8 Å². The van der Waals surface area contributed by atoms with Crippen molar-refractivity contribution in [3.05, 3.63) is 23.8 Å². The molecular formula is C19H30N2O4. The Labute approximate surface area is 150 Å². The Hall–Kier alpha value is -2.24. The van der Waals surface area contributed by atoms with E-state index in [1.165, 1.54) is 0 Å². The lowest BCUT2D eigenvalue weighted by atomic mass is 10.1. The zero-order chi connectivity index (χ0) is 18.8. The molecule has 0 fully saturated rings. The molecule has 0 heterocycles. The molecule has 2 amide bonds. The maximum atomic E-state index is 12.0. The fourth-order valence-electron chi connectivity index (χ4n) is 2.53. The van der Waals surface area contributed by atoms with Crippen molar-refractivity contribution in [3.63, 3.8) is 0 Å². The lowest BCUT2D eigenvalue weighted by Crippen LogP contribution is -2.39. The zero-order valence-electron chi connectivity index (χ0n) is 15.9. The average Bonchev–Trinajstić information content (AvgIpc) is 2.58. The van der Waals surface area contributed by atoms with Crippen molar-refractivity contribution in [2.24, 2.45) is 5.92 Å². The van der Waals surface area contributed by atoms with Crippen LogP contribution in [0.4, 0.5) is 0 Å². The predicted octanol–water partition coefficient (Wildman–Crippen LogP) is 2.26. The number of hydrogen-bond donors (Lipinski definition) is 1. The normalized spacial score (nSPS) is 10.5. The molecule has 0 aliphatic rings. The van der Waals surface area contributed by atoms with Gasteiger partial charge in [-0.3, -0.25) is 9.59 Å². The molecule has 25 heavy (non-hydrogen) atoms. The summed E-state index contributed by atoms with van der Waals surface area (Å²) < 4.78 is 10.5. The Balaban J connectivity index is 2.41. The van der Waals surface area contributed by atoms with Crippen molar-refractivity contribution in [1.29, 1.82) is 0 Å². The van der Waals surface area contributed by atoms with Gasteiger partial charge in [0, 0.05) is 33.0 Å². The van der Waals surface area contributed by atoms with Gasteiger partial charge in [0.15, 0.2) is 11.5 Å². The summed E-state index contributed by atoms with van der Waals surface area (Å²) in [5.74, 6) is 1.75. The number of ether oxygens (including phenoxy) is 2. The molecule has 0 aliphatic heterocycles. The molecular weight excluding hydrogens is 320 g/mol. The van der Waals surface area contributed by atoms with Gasteiger partial charge in [-0.1, -0.05) is 19.9 Å². The summed E-state index contributed by atoms with van der Waals surface area (Å²) >= 11 is 0. The zero-order valence-corrected chi connectivity index (χ0v) is 15.9. The van der Waals surface area contributed by atoms with Crippen LogP contribution in [0.5, 0.6) is 11.5 Å². The van der Waals surface area contributed by atoms with E-state index in [9.17, 15) is 9.59 Å². The smallest absolute Gasteiger partial charge is 0.220 e. The number of amides is 2. The van der Waals surface area contributed by atoms with Crippen molar-refractivity contribution in [2.45, 2.75) is 33.6 Å². The van der Waals surface area contributed by atoms with Crippen LogP contribution in [-0.4, -0.2) is 50.6 Å². The van der Waals surface area contributed by atoms with Gasteiger partial charge in [0.2, 0.25) is 11.8 Å². The second kappa shape index (κ2) is 10.6. The van der Waals surface area contributed by atoms with Gasteiger partial charge in [0.05, 0.1) is 14.2 Å². The van der Waals surface area contributed by atoms with Crippen LogP contribution in [0.1, 0.15) is 32.8 Å². The lowest BCUT2D eigenvalue weighted by Gasteiger charge is -2.23. The summed E-state index contributed by atoms with van der Waals surface area (Å²) in [6.45, 7) is 7.40. The highest BCUT2D eigenvalue weighted by atomic mass is 16.5. The van der Waals surface area contributed by atoms with Gasteiger partial charge in [0.25, 0.3) is 0 Å².